The zero-order valence-corrected chi connectivity index (χ0v) is 11.8. The molecule has 0 bridgehead atoms. The van der Waals surface area contributed by atoms with E-state index < -0.39 is 22.5 Å². The van der Waals surface area contributed by atoms with Crippen molar-refractivity contribution in [3.8, 4) is 0 Å². The van der Waals surface area contributed by atoms with Gasteiger partial charge in [-0.25, -0.2) is 8.42 Å². The molecule has 0 saturated carbocycles. The highest BCUT2D eigenvalue weighted by Crippen LogP contribution is 2.09. The van der Waals surface area contributed by atoms with Crippen molar-refractivity contribution in [1.29, 1.82) is 0 Å². The third-order valence-corrected chi connectivity index (χ3v) is 4.55. The molecule has 106 valence electrons. The van der Waals surface area contributed by atoms with Crippen LogP contribution in [0.25, 0.3) is 0 Å². The van der Waals surface area contributed by atoms with E-state index in [9.17, 15) is 13.2 Å². The van der Waals surface area contributed by atoms with E-state index in [0.29, 0.717) is 5.69 Å². The maximum atomic E-state index is 12.1. The van der Waals surface area contributed by atoms with E-state index in [-0.39, 0.29) is 18.2 Å². The Morgan fingerprint density at radius 3 is 2.58 bits per heavy atom. The van der Waals surface area contributed by atoms with Crippen LogP contribution in [0.15, 0.2) is 24.4 Å². The van der Waals surface area contributed by atoms with Gasteiger partial charge in [0.1, 0.15) is 6.54 Å². The summed E-state index contributed by atoms with van der Waals surface area (Å²) in [6.45, 7) is 2.80. The highest BCUT2D eigenvalue weighted by molar-refractivity contribution is 7.89. The minimum Gasteiger partial charge on any atom is -0.480 e. The molecule has 0 atom stereocenters. The standard InChI is InChI=1S/C12H18N2O4S/c1-10(2)14(9-12(15)16)19(17,18)8-6-11-5-3-4-7-13-11/h3-5,7,10H,6,8-9H2,1-2H3,(H,15,16). The number of hydrogen-bond donors (Lipinski definition) is 1. The van der Waals surface area contributed by atoms with Crippen LogP contribution in [0.2, 0.25) is 0 Å². The van der Waals surface area contributed by atoms with Crippen molar-refractivity contribution in [3.63, 3.8) is 0 Å². The number of aryl methyl sites for hydroxylation is 1. The molecule has 0 spiro atoms. The van der Waals surface area contributed by atoms with Gasteiger partial charge in [0.15, 0.2) is 0 Å². The first-order valence-corrected chi connectivity index (χ1v) is 7.55. The molecule has 1 rings (SSSR count). The zero-order chi connectivity index (χ0) is 14.5. The molecular formula is C12H18N2O4S. The minimum absolute atomic E-state index is 0.143. The van der Waals surface area contributed by atoms with Gasteiger partial charge in [-0.05, 0) is 26.0 Å². The Hall–Kier alpha value is -1.47. The molecule has 0 aliphatic carbocycles. The van der Waals surface area contributed by atoms with Crippen LogP contribution in [-0.2, 0) is 21.2 Å². The highest BCUT2D eigenvalue weighted by Gasteiger charge is 2.26. The van der Waals surface area contributed by atoms with Crippen molar-refractivity contribution >= 4 is 16.0 Å². The summed E-state index contributed by atoms with van der Waals surface area (Å²) < 4.78 is 25.2. The fraction of sp³-hybridized carbons (Fsp3) is 0.500. The van der Waals surface area contributed by atoms with E-state index in [1.54, 1.807) is 38.2 Å². The molecule has 0 radical (unpaired) electrons. The molecule has 1 N–H and O–H groups in total. The molecule has 6 nitrogen and oxygen atoms in total. The molecule has 19 heavy (non-hydrogen) atoms. The molecule has 0 amide bonds. The first-order valence-electron chi connectivity index (χ1n) is 5.94. The van der Waals surface area contributed by atoms with Crippen molar-refractivity contribution in [1.82, 2.24) is 9.29 Å². The van der Waals surface area contributed by atoms with E-state index in [4.69, 9.17) is 5.11 Å². The van der Waals surface area contributed by atoms with E-state index in [1.807, 2.05) is 0 Å². The lowest BCUT2D eigenvalue weighted by atomic mass is 10.3. The smallest absolute Gasteiger partial charge is 0.318 e. The molecule has 1 aromatic heterocycles. The van der Waals surface area contributed by atoms with Gasteiger partial charge in [0, 0.05) is 24.4 Å². The maximum absolute atomic E-state index is 12.1. The van der Waals surface area contributed by atoms with Gasteiger partial charge in [-0.1, -0.05) is 6.07 Å². The number of carboxylic acids is 1. The summed E-state index contributed by atoms with van der Waals surface area (Å²) in [6, 6.07) is 4.90. The normalized spacial score (nSPS) is 12.0. The Kier molecular flexibility index (Phi) is 5.44. The zero-order valence-electron chi connectivity index (χ0n) is 11.0. The van der Waals surface area contributed by atoms with Crippen LogP contribution in [-0.4, -0.2) is 47.1 Å². The van der Waals surface area contributed by atoms with E-state index in [0.717, 1.165) is 4.31 Å². The summed E-state index contributed by atoms with van der Waals surface area (Å²) in [5.74, 6) is -1.30. The predicted octanol–water partition coefficient (Wildman–Crippen LogP) is 0.749. The molecule has 0 saturated heterocycles. The quantitative estimate of drug-likeness (QED) is 0.799. The second-order valence-corrected chi connectivity index (χ2v) is 6.46. The Bertz CT molecular complexity index is 514. The van der Waals surface area contributed by atoms with Gasteiger partial charge >= 0.3 is 5.97 Å². The molecule has 1 aromatic rings. The number of rotatable bonds is 7. The van der Waals surface area contributed by atoms with Crippen molar-refractivity contribution in [2.45, 2.75) is 26.3 Å². The van der Waals surface area contributed by atoms with Crippen LogP contribution in [0.4, 0.5) is 0 Å². The van der Waals surface area contributed by atoms with Crippen LogP contribution in [0.5, 0.6) is 0 Å². The second kappa shape index (κ2) is 6.63. The number of aliphatic carboxylic acids is 1. The monoisotopic (exact) mass is 286 g/mol. The fourth-order valence-corrected chi connectivity index (χ4v) is 3.28. The first kappa shape index (κ1) is 15.6. The van der Waals surface area contributed by atoms with E-state index in [1.165, 1.54) is 0 Å². The van der Waals surface area contributed by atoms with Gasteiger partial charge in [0.25, 0.3) is 0 Å². The van der Waals surface area contributed by atoms with Gasteiger partial charge in [-0.15, -0.1) is 0 Å². The SMILES string of the molecule is CC(C)N(CC(=O)O)S(=O)(=O)CCc1ccccn1. The summed E-state index contributed by atoms with van der Waals surface area (Å²) >= 11 is 0. The third-order valence-electron chi connectivity index (χ3n) is 2.57. The molecule has 1 heterocycles. The van der Waals surface area contributed by atoms with Crippen LogP contribution in [0.1, 0.15) is 19.5 Å². The molecule has 0 aromatic carbocycles. The van der Waals surface area contributed by atoms with Gasteiger partial charge < -0.3 is 5.11 Å². The number of pyridine rings is 1. The number of sulfonamides is 1. The predicted molar refractivity (Wildman–Crippen MR) is 71.2 cm³/mol. The third kappa shape index (κ3) is 4.96. The topological polar surface area (TPSA) is 87.6 Å². The molecule has 0 unspecified atom stereocenters. The van der Waals surface area contributed by atoms with E-state index >= 15 is 0 Å². The molecule has 0 aliphatic rings. The first-order chi connectivity index (χ1) is 8.83. The molecular weight excluding hydrogens is 268 g/mol. The summed E-state index contributed by atoms with van der Waals surface area (Å²) in [6.07, 6.45) is 1.87. The number of hydrogen-bond acceptors (Lipinski definition) is 4. The van der Waals surface area contributed by atoms with Gasteiger partial charge in [-0.3, -0.25) is 9.78 Å². The number of carboxylic acid groups (broad SMARTS) is 1. The Labute approximate surface area is 113 Å². The Morgan fingerprint density at radius 2 is 2.11 bits per heavy atom. The van der Waals surface area contributed by atoms with Crippen LogP contribution in [0.3, 0.4) is 0 Å². The average Bonchev–Trinajstić information content (AvgIpc) is 2.34. The second-order valence-electron chi connectivity index (χ2n) is 4.42. The summed E-state index contributed by atoms with van der Waals surface area (Å²) in [4.78, 5) is 14.8. The molecule has 0 aliphatic heterocycles. The van der Waals surface area contributed by atoms with Crippen LogP contribution in [0, 0.1) is 0 Å². The minimum atomic E-state index is -3.60. The van der Waals surface area contributed by atoms with Crippen LogP contribution < -0.4 is 0 Å². The Balaban J connectivity index is 2.75. The number of aromatic nitrogens is 1. The maximum Gasteiger partial charge on any atom is 0.318 e. The lowest BCUT2D eigenvalue weighted by Crippen LogP contribution is -2.42. The van der Waals surface area contributed by atoms with Gasteiger partial charge in [-0.2, -0.15) is 4.31 Å². The van der Waals surface area contributed by atoms with Crippen molar-refractivity contribution in [2.75, 3.05) is 12.3 Å². The van der Waals surface area contributed by atoms with Gasteiger partial charge in [0.2, 0.25) is 10.0 Å². The number of carbonyl (C=O) groups is 1. The highest BCUT2D eigenvalue weighted by atomic mass is 32.2. The summed E-state index contributed by atoms with van der Waals surface area (Å²) in [7, 11) is -3.60. The fourth-order valence-electron chi connectivity index (χ4n) is 1.63. The Morgan fingerprint density at radius 1 is 1.42 bits per heavy atom. The lowest BCUT2D eigenvalue weighted by Gasteiger charge is -2.23. The van der Waals surface area contributed by atoms with Crippen molar-refractivity contribution < 1.29 is 18.3 Å². The van der Waals surface area contributed by atoms with Crippen molar-refractivity contribution in [2.24, 2.45) is 0 Å². The van der Waals surface area contributed by atoms with Gasteiger partial charge in [0.05, 0.1) is 5.75 Å². The number of nitrogens with zero attached hydrogens (tertiary/aromatic N) is 2. The van der Waals surface area contributed by atoms with Crippen molar-refractivity contribution in [3.05, 3.63) is 30.1 Å². The molecule has 7 heteroatoms. The largest absolute Gasteiger partial charge is 0.480 e. The van der Waals surface area contributed by atoms with Crippen LogP contribution >= 0.6 is 0 Å². The average molecular weight is 286 g/mol. The molecule has 0 fully saturated rings. The summed E-state index contributed by atoms with van der Waals surface area (Å²) in [5.41, 5.74) is 0.671. The lowest BCUT2D eigenvalue weighted by molar-refractivity contribution is -0.137. The van der Waals surface area contributed by atoms with E-state index in [2.05, 4.69) is 4.98 Å². The summed E-state index contributed by atoms with van der Waals surface area (Å²) in [5, 5.41) is 8.76.